The van der Waals surface area contributed by atoms with Crippen LogP contribution in [0.25, 0.3) is 0 Å². The molecule has 1 heterocycles. The fourth-order valence-corrected chi connectivity index (χ4v) is 2.34. The van der Waals surface area contributed by atoms with E-state index in [2.05, 4.69) is 0 Å². The van der Waals surface area contributed by atoms with Gasteiger partial charge >= 0.3 is 5.97 Å². The van der Waals surface area contributed by atoms with Gasteiger partial charge in [-0.15, -0.1) is 0 Å². The molecule has 0 bridgehead atoms. The minimum Gasteiger partial charge on any atom is -0.484 e. The first kappa shape index (κ1) is 14.5. The second-order valence-electron chi connectivity index (χ2n) is 5.98. The van der Waals surface area contributed by atoms with Crippen LogP contribution in [-0.4, -0.2) is 30.8 Å². The minimum atomic E-state index is -0.360. The molecule has 1 aliphatic rings. The molecule has 0 aromatic heterocycles. The Kier molecular flexibility index (Phi) is 3.79. The quantitative estimate of drug-likeness (QED) is 0.678. The third-order valence-electron chi connectivity index (χ3n) is 2.97. The minimum absolute atomic E-state index is 0.114. The van der Waals surface area contributed by atoms with E-state index in [1.165, 1.54) is 0 Å². The molecule has 20 heavy (non-hydrogen) atoms. The summed E-state index contributed by atoms with van der Waals surface area (Å²) < 4.78 is 11.1. The SMILES string of the molecule is CC(C)OC(=O)CN1CC(C)(C)Oc2ccc(N)cc21. The van der Waals surface area contributed by atoms with Crippen molar-refractivity contribution in [1.29, 1.82) is 0 Å². The summed E-state index contributed by atoms with van der Waals surface area (Å²) in [7, 11) is 0. The number of nitrogens with zero attached hydrogens (tertiary/aromatic N) is 1. The Morgan fingerprint density at radius 3 is 2.85 bits per heavy atom. The molecule has 1 aromatic rings. The highest BCUT2D eigenvalue weighted by atomic mass is 16.5. The lowest BCUT2D eigenvalue weighted by molar-refractivity contribution is -0.145. The summed E-state index contributed by atoms with van der Waals surface area (Å²) in [4.78, 5) is 13.8. The lowest BCUT2D eigenvalue weighted by atomic mass is 10.0. The van der Waals surface area contributed by atoms with Crippen molar-refractivity contribution in [1.82, 2.24) is 0 Å². The van der Waals surface area contributed by atoms with Crippen molar-refractivity contribution in [2.45, 2.75) is 39.4 Å². The van der Waals surface area contributed by atoms with E-state index in [1.807, 2.05) is 44.7 Å². The van der Waals surface area contributed by atoms with Gasteiger partial charge < -0.3 is 20.1 Å². The number of ether oxygens (including phenoxy) is 2. The summed E-state index contributed by atoms with van der Waals surface area (Å²) in [5, 5.41) is 0. The zero-order valence-corrected chi connectivity index (χ0v) is 12.5. The topological polar surface area (TPSA) is 64.8 Å². The molecule has 1 aromatic carbocycles. The number of carbonyl (C=O) groups is 1. The third-order valence-corrected chi connectivity index (χ3v) is 2.97. The molecule has 0 saturated heterocycles. The van der Waals surface area contributed by atoms with Crippen LogP contribution in [0.15, 0.2) is 18.2 Å². The Morgan fingerprint density at radius 1 is 1.50 bits per heavy atom. The first-order chi connectivity index (χ1) is 9.27. The van der Waals surface area contributed by atoms with Crippen molar-refractivity contribution < 1.29 is 14.3 Å². The molecular formula is C15H22N2O3. The highest BCUT2D eigenvalue weighted by Crippen LogP contribution is 2.38. The largest absolute Gasteiger partial charge is 0.484 e. The first-order valence-electron chi connectivity index (χ1n) is 6.80. The number of nitrogens with two attached hydrogens (primary N) is 1. The molecule has 0 unspecified atom stereocenters. The summed E-state index contributed by atoms with van der Waals surface area (Å²) in [5.74, 6) is 0.499. The number of rotatable bonds is 3. The molecule has 2 rings (SSSR count). The summed E-state index contributed by atoms with van der Waals surface area (Å²) in [5.41, 5.74) is 6.95. The fraction of sp³-hybridized carbons (Fsp3) is 0.533. The van der Waals surface area contributed by atoms with Gasteiger partial charge in [0.1, 0.15) is 17.9 Å². The van der Waals surface area contributed by atoms with Crippen molar-refractivity contribution >= 4 is 17.3 Å². The van der Waals surface area contributed by atoms with Gasteiger partial charge in [0.2, 0.25) is 0 Å². The van der Waals surface area contributed by atoms with Gasteiger partial charge in [-0.1, -0.05) is 0 Å². The predicted molar refractivity (Wildman–Crippen MR) is 79.0 cm³/mol. The number of nitrogen functional groups attached to an aromatic ring is 1. The maximum atomic E-state index is 11.9. The van der Waals surface area contributed by atoms with Gasteiger partial charge in [-0.3, -0.25) is 4.79 Å². The predicted octanol–water partition coefficient (Wildman–Crippen LogP) is 2.20. The monoisotopic (exact) mass is 278 g/mol. The van der Waals surface area contributed by atoms with Crippen molar-refractivity contribution in [2.24, 2.45) is 0 Å². The molecule has 5 heteroatoms. The third kappa shape index (κ3) is 3.35. The van der Waals surface area contributed by atoms with Crippen LogP contribution in [0, 0.1) is 0 Å². The first-order valence-corrected chi connectivity index (χ1v) is 6.80. The Labute approximate surface area is 119 Å². The average molecular weight is 278 g/mol. The van der Waals surface area contributed by atoms with Crippen molar-refractivity contribution in [2.75, 3.05) is 23.7 Å². The van der Waals surface area contributed by atoms with E-state index in [9.17, 15) is 4.79 Å². The van der Waals surface area contributed by atoms with Crippen molar-refractivity contribution in [3.63, 3.8) is 0 Å². The fourth-order valence-electron chi connectivity index (χ4n) is 2.34. The number of hydrogen-bond donors (Lipinski definition) is 1. The van der Waals surface area contributed by atoms with Crippen LogP contribution in [0.4, 0.5) is 11.4 Å². The smallest absolute Gasteiger partial charge is 0.325 e. The lowest BCUT2D eigenvalue weighted by Crippen LogP contribution is -2.48. The maximum absolute atomic E-state index is 11.9. The average Bonchev–Trinajstić information content (AvgIpc) is 2.28. The molecule has 5 nitrogen and oxygen atoms in total. The summed E-state index contributed by atoms with van der Waals surface area (Å²) >= 11 is 0. The molecule has 2 N–H and O–H groups in total. The number of fused-ring (bicyclic) bond motifs is 1. The van der Waals surface area contributed by atoms with Crippen molar-refractivity contribution in [3.05, 3.63) is 18.2 Å². The second kappa shape index (κ2) is 5.23. The van der Waals surface area contributed by atoms with Gasteiger partial charge in [-0.25, -0.2) is 0 Å². The van der Waals surface area contributed by atoms with E-state index in [0.717, 1.165) is 11.4 Å². The molecule has 0 amide bonds. The molecule has 0 radical (unpaired) electrons. The van der Waals surface area contributed by atoms with Crippen LogP contribution < -0.4 is 15.4 Å². The van der Waals surface area contributed by atoms with Gasteiger partial charge in [-0.05, 0) is 45.9 Å². The number of esters is 1. The van der Waals surface area contributed by atoms with E-state index in [-0.39, 0.29) is 24.2 Å². The van der Waals surface area contributed by atoms with E-state index in [0.29, 0.717) is 12.2 Å². The summed E-state index contributed by atoms with van der Waals surface area (Å²) in [6.07, 6.45) is -0.114. The Morgan fingerprint density at radius 2 is 2.20 bits per heavy atom. The standard InChI is InChI=1S/C15H22N2O3/c1-10(2)19-14(18)8-17-9-15(3,4)20-13-6-5-11(16)7-12(13)17/h5-7,10H,8-9,16H2,1-4H3. The van der Waals surface area contributed by atoms with Gasteiger partial charge in [-0.2, -0.15) is 0 Å². The lowest BCUT2D eigenvalue weighted by Gasteiger charge is -2.40. The zero-order valence-electron chi connectivity index (χ0n) is 12.5. The van der Waals surface area contributed by atoms with Crippen molar-refractivity contribution in [3.8, 4) is 5.75 Å². The highest BCUT2D eigenvalue weighted by molar-refractivity contribution is 5.78. The Balaban J connectivity index is 2.24. The summed E-state index contributed by atoms with van der Waals surface area (Å²) in [6, 6.07) is 5.46. The Hall–Kier alpha value is -1.91. The van der Waals surface area contributed by atoms with Gasteiger partial charge in [0.05, 0.1) is 18.3 Å². The summed E-state index contributed by atoms with van der Waals surface area (Å²) in [6.45, 7) is 8.47. The van der Waals surface area contributed by atoms with Gasteiger partial charge in [0, 0.05) is 5.69 Å². The number of hydrogen-bond acceptors (Lipinski definition) is 5. The molecule has 0 atom stereocenters. The van der Waals surface area contributed by atoms with Gasteiger partial charge in [0.25, 0.3) is 0 Å². The van der Waals surface area contributed by atoms with E-state index in [1.54, 1.807) is 6.07 Å². The van der Waals surface area contributed by atoms with E-state index >= 15 is 0 Å². The molecular weight excluding hydrogens is 256 g/mol. The Bertz CT molecular complexity index is 512. The molecule has 0 saturated carbocycles. The normalized spacial score (nSPS) is 16.6. The molecule has 0 aliphatic carbocycles. The molecule has 110 valence electrons. The second-order valence-corrected chi connectivity index (χ2v) is 5.98. The molecule has 0 spiro atoms. The van der Waals surface area contributed by atoms with Crippen LogP contribution in [0.2, 0.25) is 0 Å². The number of carbonyl (C=O) groups excluding carboxylic acids is 1. The van der Waals surface area contributed by atoms with Crippen LogP contribution in [-0.2, 0) is 9.53 Å². The highest BCUT2D eigenvalue weighted by Gasteiger charge is 2.33. The number of benzene rings is 1. The maximum Gasteiger partial charge on any atom is 0.325 e. The zero-order chi connectivity index (χ0) is 14.9. The molecule has 1 aliphatic heterocycles. The van der Waals surface area contributed by atoms with Gasteiger partial charge in [0.15, 0.2) is 0 Å². The van der Waals surface area contributed by atoms with Crippen LogP contribution in [0.5, 0.6) is 5.75 Å². The van der Waals surface area contributed by atoms with E-state index in [4.69, 9.17) is 15.2 Å². The molecule has 0 fully saturated rings. The van der Waals surface area contributed by atoms with Crippen LogP contribution in [0.3, 0.4) is 0 Å². The van der Waals surface area contributed by atoms with Crippen LogP contribution >= 0.6 is 0 Å². The number of anilines is 2. The van der Waals surface area contributed by atoms with E-state index < -0.39 is 0 Å². The van der Waals surface area contributed by atoms with Crippen LogP contribution in [0.1, 0.15) is 27.7 Å².